The normalized spacial score (nSPS) is 13.2. The van der Waals surface area contributed by atoms with E-state index < -0.39 is 5.91 Å². The Morgan fingerprint density at radius 2 is 2.08 bits per heavy atom. The van der Waals surface area contributed by atoms with Gasteiger partial charge in [-0.05, 0) is 30.9 Å². The first kappa shape index (κ1) is 15.9. The van der Waals surface area contributed by atoms with Gasteiger partial charge < -0.3 is 15.4 Å². The number of hydrogen-bond acceptors (Lipinski definition) is 6. The molecule has 0 aliphatic heterocycles. The second-order valence-electron chi connectivity index (χ2n) is 5.47. The van der Waals surface area contributed by atoms with Crippen LogP contribution in [0.4, 0.5) is 5.69 Å². The molecule has 1 saturated carbocycles. The number of pyridine rings is 1. The fourth-order valence-corrected chi connectivity index (χ4v) is 1.89. The van der Waals surface area contributed by atoms with Crippen LogP contribution in [0.3, 0.4) is 0 Å². The molecule has 0 unspecified atom stereocenters. The van der Waals surface area contributed by atoms with E-state index in [4.69, 9.17) is 4.74 Å². The summed E-state index contributed by atoms with van der Waals surface area (Å²) < 4.78 is 5.45. The van der Waals surface area contributed by atoms with Gasteiger partial charge in [0.2, 0.25) is 11.8 Å². The summed E-state index contributed by atoms with van der Waals surface area (Å²) in [6, 6.07) is 3.41. The molecule has 0 bridgehead atoms. The third-order valence-corrected chi connectivity index (χ3v) is 3.38. The van der Waals surface area contributed by atoms with Gasteiger partial charge in [0, 0.05) is 6.20 Å². The molecule has 1 aliphatic carbocycles. The van der Waals surface area contributed by atoms with Gasteiger partial charge in [0.15, 0.2) is 0 Å². The minimum atomic E-state index is -0.474. The summed E-state index contributed by atoms with van der Waals surface area (Å²) in [5.41, 5.74) is 0.691. The minimum absolute atomic E-state index is 0.128. The predicted octanol–water partition coefficient (Wildman–Crippen LogP) is 1.03. The molecule has 2 amide bonds. The summed E-state index contributed by atoms with van der Waals surface area (Å²) in [4.78, 5) is 35.6. The van der Waals surface area contributed by atoms with Crippen LogP contribution in [0.25, 0.3) is 0 Å². The highest BCUT2D eigenvalue weighted by Gasteiger charge is 2.22. The Morgan fingerprint density at radius 1 is 1.21 bits per heavy atom. The molecule has 0 radical (unpaired) electrons. The molecule has 0 atom stereocenters. The highest BCUT2D eigenvalue weighted by atomic mass is 16.5. The average molecular weight is 327 g/mol. The van der Waals surface area contributed by atoms with E-state index in [9.17, 15) is 9.59 Å². The molecule has 124 valence electrons. The quantitative estimate of drug-likeness (QED) is 0.787. The van der Waals surface area contributed by atoms with Crippen molar-refractivity contribution in [2.75, 3.05) is 18.5 Å². The average Bonchev–Trinajstić information content (AvgIpc) is 3.44. The number of nitrogens with zero attached hydrogens (tertiary/aromatic N) is 3. The number of hydrogen-bond donors (Lipinski definition) is 2. The topological polar surface area (TPSA) is 106 Å². The van der Waals surface area contributed by atoms with E-state index in [-0.39, 0.29) is 18.1 Å². The maximum Gasteiger partial charge on any atom is 0.271 e. The Hall–Kier alpha value is -3.03. The molecule has 24 heavy (non-hydrogen) atoms. The number of carbonyl (C=O) groups is 2. The van der Waals surface area contributed by atoms with E-state index >= 15 is 0 Å². The molecule has 0 spiro atoms. The molecule has 8 heteroatoms. The van der Waals surface area contributed by atoms with Crippen LogP contribution >= 0.6 is 0 Å². The van der Waals surface area contributed by atoms with E-state index in [1.165, 1.54) is 31.4 Å². The number of amides is 2. The molecule has 3 rings (SSSR count). The van der Waals surface area contributed by atoms with Crippen LogP contribution in [-0.2, 0) is 4.79 Å². The van der Waals surface area contributed by atoms with Crippen LogP contribution in [0.2, 0.25) is 0 Å². The first-order valence-corrected chi connectivity index (χ1v) is 7.63. The summed E-state index contributed by atoms with van der Waals surface area (Å²) in [6.07, 6.45) is 8.24. The summed E-state index contributed by atoms with van der Waals surface area (Å²) in [5, 5.41) is 5.10. The lowest BCUT2D eigenvalue weighted by atomic mass is 10.4. The van der Waals surface area contributed by atoms with E-state index in [2.05, 4.69) is 25.6 Å². The fourth-order valence-electron chi connectivity index (χ4n) is 1.89. The molecule has 8 nitrogen and oxygen atoms in total. The second kappa shape index (κ2) is 7.49. The molecular formula is C16H17N5O3. The first-order valence-electron chi connectivity index (χ1n) is 7.63. The van der Waals surface area contributed by atoms with Crippen LogP contribution in [0.5, 0.6) is 5.88 Å². The van der Waals surface area contributed by atoms with E-state index in [1.54, 1.807) is 18.3 Å². The monoisotopic (exact) mass is 327 g/mol. The third-order valence-electron chi connectivity index (χ3n) is 3.38. The van der Waals surface area contributed by atoms with Crippen molar-refractivity contribution >= 4 is 17.5 Å². The fraction of sp³-hybridized carbons (Fsp3) is 0.312. The van der Waals surface area contributed by atoms with Crippen molar-refractivity contribution in [1.82, 2.24) is 20.3 Å². The number of ether oxygens (including phenoxy) is 1. The highest BCUT2D eigenvalue weighted by Crippen LogP contribution is 2.29. The molecule has 1 fully saturated rings. The lowest BCUT2D eigenvalue weighted by molar-refractivity contribution is -0.115. The molecular weight excluding hydrogens is 310 g/mol. The van der Waals surface area contributed by atoms with Gasteiger partial charge >= 0.3 is 0 Å². The maximum absolute atomic E-state index is 11.9. The smallest absolute Gasteiger partial charge is 0.271 e. The van der Waals surface area contributed by atoms with Gasteiger partial charge in [-0.2, -0.15) is 0 Å². The molecule has 2 aromatic heterocycles. The van der Waals surface area contributed by atoms with Crippen molar-refractivity contribution in [3.63, 3.8) is 0 Å². The Bertz CT molecular complexity index is 701. The van der Waals surface area contributed by atoms with E-state index in [1.807, 2.05) is 0 Å². The Balaban J connectivity index is 1.44. The predicted molar refractivity (Wildman–Crippen MR) is 85.5 cm³/mol. The van der Waals surface area contributed by atoms with Crippen LogP contribution in [0, 0.1) is 5.92 Å². The zero-order valence-electron chi connectivity index (χ0n) is 12.9. The molecule has 0 saturated heterocycles. The highest BCUT2D eigenvalue weighted by molar-refractivity contribution is 5.98. The summed E-state index contributed by atoms with van der Waals surface area (Å²) in [5.74, 6) is 0.187. The van der Waals surface area contributed by atoms with Gasteiger partial charge in [0.05, 0.1) is 37.4 Å². The van der Waals surface area contributed by atoms with Crippen LogP contribution < -0.4 is 15.4 Å². The number of nitrogens with one attached hydrogen (secondary N) is 2. The lowest BCUT2D eigenvalue weighted by Crippen LogP contribution is -2.33. The molecule has 2 aromatic rings. The van der Waals surface area contributed by atoms with Crippen molar-refractivity contribution in [3.05, 3.63) is 42.6 Å². The van der Waals surface area contributed by atoms with Gasteiger partial charge in [0.1, 0.15) is 5.69 Å². The van der Waals surface area contributed by atoms with Crippen molar-refractivity contribution < 1.29 is 14.3 Å². The van der Waals surface area contributed by atoms with Gasteiger partial charge in [-0.1, -0.05) is 0 Å². The van der Waals surface area contributed by atoms with Crippen LogP contribution in [-0.4, -0.2) is 39.9 Å². The Morgan fingerprint density at radius 3 is 2.75 bits per heavy atom. The second-order valence-corrected chi connectivity index (χ2v) is 5.47. The van der Waals surface area contributed by atoms with E-state index in [0.717, 1.165) is 0 Å². The Kier molecular flexibility index (Phi) is 4.95. The van der Waals surface area contributed by atoms with Crippen LogP contribution in [0.1, 0.15) is 23.3 Å². The van der Waals surface area contributed by atoms with E-state index in [0.29, 0.717) is 24.1 Å². The van der Waals surface area contributed by atoms with Gasteiger partial charge in [-0.3, -0.25) is 14.6 Å². The lowest BCUT2D eigenvalue weighted by Gasteiger charge is -2.07. The zero-order chi connectivity index (χ0) is 16.8. The summed E-state index contributed by atoms with van der Waals surface area (Å²) >= 11 is 0. The molecule has 0 aromatic carbocycles. The third kappa shape index (κ3) is 4.73. The standard InChI is InChI=1S/C16H17N5O3/c22-14(21-12-2-1-5-17-6-12)8-20-16(23)13-7-19-15(9-18-13)24-10-11-3-4-11/h1-2,5-7,9,11H,3-4,8,10H2,(H,20,23)(H,21,22). The minimum Gasteiger partial charge on any atom is -0.476 e. The van der Waals surface area contributed by atoms with Gasteiger partial charge in [-0.15, -0.1) is 0 Å². The summed E-state index contributed by atoms with van der Waals surface area (Å²) in [6.45, 7) is 0.462. The van der Waals surface area contributed by atoms with Gasteiger partial charge in [-0.25, -0.2) is 9.97 Å². The molecule has 2 heterocycles. The number of rotatable bonds is 7. The maximum atomic E-state index is 11.9. The van der Waals surface area contributed by atoms with Gasteiger partial charge in [0.25, 0.3) is 5.91 Å². The Labute approximate surface area is 138 Å². The molecule has 1 aliphatic rings. The zero-order valence-corrected chi connectivity index (χ0v) is 12.9. The van der Waals surface area contributed by atoms with Crippen LogP contribution in [0.15, 0.2) is 36.9 Å². The SMILES string of the molecule is O=C(CNC(=O)c1cnc(OCC2CC2)cn1)Nc1cccnc1. The van der Waals surface area contributed by atoms with Crippen molar-refractivity contribution in [2.24, 2.45) is 5.92 Å². The van der Waals surface area contributed by atoms with Crippen molar-refractivity contribution in [1.29, 1.82) is 0 Å². The first-order chi connectivity index (χ1) is 11.7. The number of carbonyl (C=O) groups excluding carboxylic acids is 2. The van der Waals surface area contributed by atoms with Crippen molar-refractivity contribution in [3.8, 4) is 5.88 Å². The number of anilines is 1. The largest absolute Gasteiger partial charge is 0.476 e. The molecule has 2 N–H and O–H groups in total. The number of aromatic nitrogens is 3. The summed E-state index contributed by atoms with van der Waals surface area (Å²) in [7, 11) is 0. The van der Waals surface area contributed by atoms with Crippen molar-refractivity contribution in [2.45, 2.75) is 12.8 Å².